The highest BCUT2D eigenvalue weighted by Gasteiger charge is 2.34. The third-order valence-corrected chi connectivity index (χ3v) is 5.55. The molecule has 2 aromatic heterocycles. The first kappa shape index (κ1) is 18.1. The summed E-state index contributed by atoms with van der Waals surface area (Å²) in [7, 11) is 1.76. The Morgan fingerprint density at radius 1 is 1.00 bits per heavy atom. The van der Waals surface area contributed by atoms with Crippen molar-refractivity contribution in [2.24, 2.45) is 7.05 Å². The van der Waals surface area contributed by atoms with Crippen LogP contribution in [-0.2, 0) is 13.6 Å². The predicted molar refractivity (Wildman–Crippen MR) is 116 cm³/mol. The summed E-state index contributed by atoms with van der Waals surface area (Å²) in [5.74, 6) is -0.117. The minimum absolute atomic E-state index is 0.117. The normalized spacial score (nSPS) is 15.7. The van der Waals surface area contributed by atoms with Crippen molar-refractivity contribution in [2.45, 2.75) is 12.7 Å². The van der Waals surface area contributed by atoms with Crippen molar-refractivity contribution < 1.29 is 4.79 Å². The average molecular weight is 396 g/mol. The summed E-state index contributed by atoms with van der Waals surface area (Å²) in [5.41, 5.74) is 3.47. The Balaban J connectivity index is 1.68. The van der Waals surface area contributed by atoms with E-state index in [2.05, 4.69) is 10.3 Å². The fourth-order valence-corrected chi connectivity index (χ4v) is 4.03. The van der Waals surface area contributed by atoms with E-state index in [0.29, 0.717) is 17.7 Å². The maximum Gasteiger partial charge on any atom is 0.258 e. The molecule has 1 atom stereocenters. The number of nitrogens with zero attached hydrogens (tertiary/aromatic N) is 3. The van der Waals surface area contributed by atoms with Crippen molar-refractivity contribution in [3.05, 3.63) is 106 Å². The van der Waals surface area contributed by atoms with Gasteiger partial charge in [-0.05, 0) is 41.3 Å². The fraction of sp³-hybridized carbons (Fsp3) is 0.125. The van der Waals surface area contributed by atoms with Crippen molar-refractivity contribution in [3.8, 4) is 0 Å². The van der Waals surface area contributed by atoms with Crippen LogP contribution in [0.1, 0.15) is 27.7 Å². The molecule has 3 heterocycles. The average Bonchev–Trinajstić information content (AvgIpc) is 2.79. The van der Waals surface area contributed by atoms with E-state index >= 15 is 0 Å². The number of aryl methyl sites for hydroxylation is 1. The van der Waals surface area contributed by atoms with Crippen LogP contribution in [-0.4, -0.2) is 20.4 Å². The number of hydrogen-bond donors (Lipinski definition) is 1. The number of rotatable bonds is 3. The number of benzene rings is 2. The molecule has 2 aromatic carbocycles. The lowest BCUT2D eigenvalue weighted by molar-refractivity contribution is 0.0665. The van der Waals surface area contributed by atoms with Gasteiger partial charge in [-0.3, -0.25) is 14.6 Å². The zero-order valence-corrected chi connectivity index (χ0v) is 16.4. The van der Waals surface area contributed by atoms with Crippen LogP contribution >= 0.6 is 0 Å². The summed E-state index contributed by atoms with van der Waals surface area (Å²) in [4.78, 5) is 32.6. The molecule has 30 heavy (non-hydrogen) atoms. The largest absolute Gasteiger partial charge is 0.361 e. The van der Waals surface area contributed by atoms with Gasteiger partial charge in [0.05, 0.1) is 16.6 Å². The van der Waals surface area contributed by atoms with Crippen molar-refractivity contribution in [1.29, 1.82) is 0 Å². The molecule has 0 saturated carbocycles. The van der Waals surface area contributed by atoms with Crippen LogP contribution in [0.4, 0.5) is 5.69 Å². The fourth-order valence-electron chi connectivity index (χ4n) is 4.03. The Morgan fingerprint density at radius 3 is 2.63 bits per heavy atom. The molecule has 6 heteroatoms. The van der Waals surface area contributed by atoms with Gasteiger partial charge in [-0.1, -0.05) is 36.4 Å². The van der Waals surface area contributed by atoms with E-state index in [-0.39, 0.29) is 11.5 Å². The highest BCUT2D eigenvalue weighted by molar-refractivity contribution is 6.01. The van der Waals surface area contributed by atoms with Gasteiger partial charge in [0.1, 0.15) is 6.17 Å². The Bertz CT molecular complexity index is 1310. The molecule has 0 radical (unpaired) electrons. The lowest BCUT2D eigenvalue weighted by atomic mass is 10.0. The van der Waals surface area contributed by atoms with Crippen molar-refractivity contribution in [3.63, 3.8) is 0 Å². The molecule has 1 aliphatic heterocycles. The van der Waals surface area contributed by atoms with Gasteiger partial charge in [0.25, 0.3) is 11.5 Å². The van der Waals surface area contributed by atoms with Crippen LogP contribution in [0.5, 0.6) is 0 Å². The number of hydrogen-bond acceptors (Lipinski definition) is 4. The zero-order valence-electron chi connectivity index (χ0n) is 16.4. The van der Waals surface area contributed by atoms with Gasteiger partial charge >= 0.3 is 0 Å². The Kier molecular flexibility index (Phi) is 4.32. The van der Waals surface area contributed by atoms with Gasteiger partial charge in [0.15, 0.2) is 0 Å². The summed E-state index contributed by atoms with van der Waals surface area (Å²) >= 11 is 0. The van der Waals surface area contributed by atoms with Crippen molar-refractivity contribution >= 4 is 22.5 Å². The second-order valence-corrected chi connectivity index (χ2v) is 7.41. The minimum Gasteiger partial charge on any atom is -0.361 e. The van der Waals surface area contributed by atoms with Crippen LogP contribution < -0.4 is 10.9 Å². The quantitative estimate of drug-likeness (QED) is 0.573. The number of nitrogens with one attached hydrogen (secondary N) is 1. The van der Waals surface area contributed by atoms with Gasteiger partial charge in [-0.2, -0.15) is 0 Å². The standard InChI is InChI=1S/C24H20N4O2/c1-27-21-11-5-2-8-17(21)13-19(23(27)29)22-26-20-10-4-3-9-18(20)24(30)28(22)15-16-7-6-12-25-14-16/h2-14,22,26H,15H2,1H3. The number of aromatic nitrogens is 2. The SMILES string of the molecule is Cn1c(=O)c(C2Nc3ccccc3C(=O)N2Cc2cccnc2)cc2ccccc21. The number of carbonyl (C=O) groups excluding carboxylic acids is 1. The molecule has 0 fully saturated rings. The molecule has 5 rings (SSSR count). The molecular formula is C24H20N4O2. The maximum absolute atomic E-state index is 13.4. The molecule has 1 amide bonds. The lowest BCUT2D eigenvalue weighted by Crippen LogP contribution is -2.45. The first-order chi connectivity index (χ1) is 14.6. The number of fused-ring (bicyclic) bond motifs is 2. The highest BCUT2D eigenvalue weighted by atomic mass is 16.2. The number of anilines is 1. The molecule has 6 nitrogen and oxygen atoms in total. The maximum atomic E-state index is 13.4. The number of carbonyl (C=O) groups is 1. The van der Waals surface area contributed by atoms with Crippen LogP contribution in [0.25, 0.3) is 10.9 Å². The van der Waals surface area contributed by atoms with Gasteiger partial charge < -0.3 is 14.8 Å². The topological polar surface area (TPSA) is 67.2 Å². The van der Waals surface area contributed by atoms with E-state index in [9.17, 15) is 9.59 Å². The molecule has 1 N–H and O–H groups in total. The Morgan fingerprint density at radius 2 is 1.80 bits per heavy atom. The second-order valence-electron chi connectivity index (χ2n) is 7.41. The molecule has 0 bridgehead atoms. The predicted octanol–water partition coefficient (Wildman–Crippen LogP) is 3.70. The number of pyridine rings is 2. The first-order valence-corrected chi connectivity index (χ1v) is 9.77. The summed E-state index contributed by atoms with van der Waals surface area (Å²) < 4.78 is 1.64. The monoisotopic (exact) mass is 396 g/mol. The number of para-hydroxylation sites is 2. The van der Waals surface area contributed by atoms with Gasteiger partial charge in [0, 0.05) is 31.7 Å². The molecule has 148 valence electrons. The van der Waals surface area contributed by atoms with Crippen molar-refractivity contribution in [1.82, 2.24) is 14.5 Å². The van der Waals surface area contributed by atoms with Crippen LogP contribution in [0.15, 0.2) is 83.9 Å². The second kappa shape index (κ2) is 7.15. The highest BCUT2D eigenvalue weighted by Crippen LogP contribution is 2.33. The molecule has 0 aliphatic carbocycles. The minimum atomic E-state index is -0.587. The van der Waals surface area contributed by atoms with Gasteiger partial charge in [0.2, 0.25) is 0 Å². The molecule has 0 spiro atoms. The smallest absolute Gasteiger partial charge is 0.258 e. The van der Waals surface area contributed by atoms with Crippen LogP contribution in [0, 0.1) is 0 Å². The molecule has 4 aromatic rings. The molecule has 1 unspecified atom stereocenters. The Labute approximate surface area is 173 Å². The van der Waals surface area contributed by atoms with E-state index in [0.717, 1.165) is 22.2 Å². The summed E-state index contributed by atoms with van der Waals surface area (Å²) in [6, 6.07) is 20.8. The summed E-state index contributed by atoms with van der Waals surface area (Å²) in [5, 5.41) is 4.37. The van der Waals surface area contributed by atoms with E-state index in [1.165, 1.54) is 0 Å². The summed E-state index contributed by atoms with van der Waals surface area (Å²) in [6.07, 6.45) is 2.85. The van der Waals surface area contributed by atoms with E-state index in [4.69, 9.17) is 0 Å². The Hall–Kier alpha value is -3.93. The third-order valence-electron chi connectivity index (χ3n) is 5.55. The lowest BCUT2D eigenvalue weighted by Gasteiger charge is -2.38. The van der Waals surface area contributed by atoms with E-state index < -0.39 is 6.17 Å². The van der Waals surface area contributed by atoms with Crippen LogP contribution in [0.2, 0.25) is 0 Å². The van der Waals surface area contributed by atoms with E-state index in [1.54, 1.807) is 35.0 Å². The molecular weight excluding hydrogens is 376 g/mol. The molecule has 0 saturated heterocycles. The summed E-state index contributed by atoms with van der Waals surface area (Å²) in [6.45, 7) is 0.342. The third kappa shape index (κ3) is 2.93. The first-order valence-electron chi connectivity index (χ1n) is 9.77. The van der Waals surface area contributed by atoms with E-state index in [1.807, 2.05) is 60.7 Å². The van der Waals surface area contributed by atoms with Crippen LogP contribution in [0.3, 0.4) is 0 Å². The van der Waals surface area contributed by atoms with Crippen molar-refractivity contribution in [2.75, 3.05) is 5.32 Å². The van der Waals surface area contributed by atoms with Gasteiger partial charge in [-0.15, -0.1) is 0 Å². The number of amides is 1. The zero-order chi connectivity index (χ0) is 20.7. The van der Waals surface area contributed by atoms with Gasteiger partial charge in [-0.25, -0.2) is 0 Å². The molecule has 1 aliphatic rings.